The van der Waals surface area contributed by atoms with Crippen molar-refractivity contribution in [2.24, 2.45) is 5.92 Å². The third kappa shape index (κ3) is 3.57. The summed E-state index contributed by atoms with van der Waals surface area (Å²) in [6.45, 7) is 0. The van der Waals surface area contributed by atoms with Crippen LogP contribution in [0.25, 0.3) is 0 Å². The van der Waals surface area contributed by atoms with E-state index >= 15 is 0 Å². The second kappa shape index (κ2) is 6.34. The van der Waals surface area contributed by atoms with Crippen LogP contribution in [0.3, 0.4) is 0 Å². The van der Waals surface area contributed by atoms with Crippen molar-refractivity contribution in [3.8, 4) is 0 Å². The summed E-state index contributed by atoms with van der Waals surface area (Å²) in [6.07, 6.45) is 5.56. The van der Waals surface area contributed by atoms with Crippen LogP contribution in [0, 0.1) is 5.92 Å². The van der Waals surface area contributed by atoms with E-state index in [-0.39, 0.29) is 11.8 Å². The van der Waals surface area contributed by atoms with Gasteiger partial charge in [0.25, 0.3) is 0 Å². The molecule has 3 nitrogen and oxygen atoms in total. The molecule has 110 valence electrons. The molecule has 0 radical (unpaired) electrons. The van der Waals surface area contributed by atoms with Crippen molar-refractivity contribution in [2.45, 2.75) is 25.7 Å². The lowest BCUT2D eigenvalue weighted by molar-refractivity contribution is -0.122. The molecule has 1 saturated carbocycles. The zero-order chi connectivity index (χ0) is 14.8. The second-order valence-corrected chi connectivity index (χ2v) is 7.12. The first-order valence-corrected chi connectivity index (χ1v) is 8.38. The van der Waals surface area contributed by atoms with E-state index in [0.717, 1.165) is 29.7 Å². The highest BCUT2D eigenvalue weighted by Crippen LogP contribution is 2.30. The molecule has 1 N–H and O–H groups in total. The predicted octanol–water partition coefficient (Wildman–Crippen LogP) is 4.78. The molecule has 21 heavy (non-hydrogen) atoms. The van der Waals surface area contributed by atoms with Crippen LogP contribution < -0.4 is 5.32 Å². The van der Waals surface area contributed by atoms with Gasteiger partial charge in [-0.25, -0.2) is 4.98 Å². The van der Waals surface area contributed by atoms with Crippen LogP contribution in [0.2, 0.25) is 10.0 Å². The first-order chi connectivity index (χ1) is 10.1. The number of amides is 1. The third-order valence-electron chi connectivity index (χ3n) is 3.63. The second-order valence-electron chi connectivity index (χ2n) is 5.16. The van der Waals surface area contributed by atoms with Crippen molar-refractivity contribution in [1.29, 1.82) is 0 Å². The van der Waals surface area contributed by atoms with E-state index in [0.29, 0.717) is 21.6 Å². The van der Waals surface area contributed by atoms with Gasteiger partial charge in [0.1, 0.15) is 0 Å². The van der Waals surface area contributed by atoms with Crippen LogP contribution in [0.15, 0.2) is 24.4 Å². The van der Waals surface area contributed by atoms with Crippen LogP contribution >= 0.6 is 34.5 Å². The molecule has 0 saturated heterocycles. The van der Waals surface area contributed by atoms with Crippen LogP contribution in [-0.4, -0.2) is 10.9 Å². The zero-order valence-corrected chi connectivity index (χ0v) is 13.6. The van der Waals surface area contributed by atoms with Crippen molar-refractivity contribution in [1.82, 2.24) is 4.98 Å². The largest absolute Gasteiger partial charge is 0.302 e. The van der Waals surface area contributed by atoms with Gasteiger partial charge in [0.2, 0.25) is 5.91 Å². The molecule has 1 aliphatic carbocycles. The zero-order valence-electron chi connectivity index (χ0n) is 11.2. The Bertz CT molecular complexity index is 667. The summed E-state index contributed by atoms with van der Waals surface area (Å²) in [7, 11) is 0. The van der Waals surface area contributed by atoms with Gasteiger partial charge in [0.05, 0.1) is 0 Å². The molecule has 1 aliphatic rings. The summed E-state index contributed by atoms with van der Waals surface area (Å²) in [5, 5.41) is 4.89. The highest BCUT2D eigenvalue weighted by atomic mass is 35.5. The van der Waals surface area contributed by atoms with Crippen LogP contribution in [0.4, 0.5) is 5.13 Å². The van der Waals surface area contributed by atoms with Gasteiger partial charge in [0.15, 0.2) is 5.13 Å². The molecule has 0 spiro atoms. The standard InChI is InChI=1S/C15H14Cl2N2OS/c16-11-4-5-13(17)10(6-11)7-12-8-18-15(21-12)19-14(20)9-2-1-3-9/h4-6,8-9H,1-3,7H2,(H,18,19,20). The van der Waals surface area contributed by atoms with Gasteiger partial charge in [0, 0.05) is 33.5 Å². The van der Waals surface area contributed by atoms with Crippen LogP contribution in [-0.2, 0) is 11.2 Å². The topological polar surface area (TPSA) is 42.0 Å². The number of halogens is 2. The van der Waals surface area contributed by atoms with Gasteiger partial charge >= 0.3 is 0 Å². The fourth-order valence-electron chi connectivity index (χ4n) is 2.19. The number of hydrogen-bond acceptors (Lipinski definition) is 3. The third-order valence-corrected chi connectivity index (χ3v) is 5.15. The molecule has 3 rings (SSSR count). The number of aromatic nitrogens is 1. The number of rotatable bonds is 4. The normalized spacial score (nSPS) is 14.8. The van der Waals surface area contributed by atoms with E-state index in [1.165, 1.54) is 11.3 Å². The Balaban J connectivity index is 1.67. The lowest BCUT2D eigenvalue weighted by Gasteiger charge is -2.23. The van der Waals surface area contributed by atoms with E-state index in [1.54, 1.807) is 18.3 Å². The molecule has 0 atom stereocenters. The minimum Gasteiger partial charge on any atom is -0.302 e. The predicted molar refractivity (Wildman–Crippen MR) is 87.4 cm³/mol. The quantitative estimate of drug-likeness (QED) is 0.870. The van der Waals surface area contributed by atoms with E-state index in [9.17, 15) is 4.79 Å². The number of carbonyl (C=O) groups excluding carboxylic acids is 1. The number of thiazole rings is 1. The average Bonchev–Trinajstić information content (AvgIpc) is 2.79. The van der Waals surface area contributed by atoms with E-state index < -0.39 is 0 Å². The highest BCUT2D eigenvalue weighted by molar-refractivity contribution is 7.15. The SMILES string of the molecule is O=C(Nc1ncc(Cc2cc(Cl)ccc2Cl)s1)C1CCC1. The molecular formula is C15H14Cl2N2OS. The Morgan fingerprint density at radius 1 is 1.38 bits per heavy atom. The Labute approximate surface area is 137 Å². The number of hydrogen-bond donors (Lipinski definition) is 1. The Hall–Kier alpha value is -1.10. The van der Waals surface area contributed by atoms with Crippen molar-refractivity contribution in [3.63, 3.8) is 0 Å². The summed E-state index contributed by atoms with van der Waals surface area (Å²) in [6, 6.07) is 5.42. The molecule has 1 fully saturated rings. The fraction of sp³-hybridized carbons (Fsp3) is 0.333. The van der Waals surface area contributed by atoms with E-state index in [2.05, 4.69) is 10.3 Å². The van der Waals surface area contributed by atoms with Gasteiger partial charge in [-0.1, -0.05) is 29.6 Å². The Morgan fingerprint density at radius 2 is 2.19 bits per heavy atom. The molecular weight excluding hydrogens is 327 g/mol. The van der Waals surface area contributed by atoms with Crippen molar-refractivity contribution in [2.75, 3.05) is 5.32 Å². The molecule has 1 aromatic heterocycles. The molecule has 2 aromatic rings. The van der Waals surface area contributed by atoms with Gasteiger partial charge in [-0.2, -0.15) is 0 Å². The van der Waals surface area contributed by atoms with Gasteiger partial charge in [-0.05, 0) is 36.6 Å². The van der Waals surface area contributed by atoms with Crippen LogP contribution in [0.1, 0.15) is 29.7 Å². The molecule has 1 aromatic carbocycles. The van der Waals surface area contributed by atoms with E-state index in [4.69, 9.17) is 23.2 Å². The average molecular weight is 341 g/mol. The minimum atomic E-state index is 0.0861. The van der Waals surface area contributed by atoms with Crippen molar-refractivity contribution >= 4 is 45.6 Å². The monoisotopic (exact) mass is 340 g/mol. The maximum Gasteiger partial charge on any atom is 0.229 e. The number of benzene rings is 1. The Morgan fingerprint density at radius 3 is 2.90 bits per heavy atom. The first-order valence-electron chi connectivity index (χ1n) is 6.81. The van der Waals surface area contributed by atoms with Gasteiger partial charge in [-0.3, -0.25) is 4.79 Å². The van der Waals surface area contributed by atoms with Crippen molar-refractivity contribution < 1.29 is 4.79 Å². The molecule has 1 amide bonds. The molecule has 0 bridgehead atoms. The highest BCUT2D eigenvalue weighted by Gasteiger charge is 2.25. The van der Waals surface area contributed by atoms with Gasteiger partial charge in [-0.15, -0.1) is 11.3 Å². The Kier molecular flexibility index (Phi) is 4.48. The maximum atomic E-state index is 11.9. The molecule has 0 aliphatic heterocycles. The molecule has 1 heterocycles. The number of nitrogens with zero attached hydrogens (tertiary/aromatic N) is 1. The van der Waals surface area contributed by atoms with Crippen LogP contribution in [0.5, 0.6) is 0 Å². The van der Waals surface area contributed by atoms with Crippen molar-refractivity contribution in [3.05, 3.63) is 44.9 Å². The number of carbonyl (C=O) groups is 1. The lowest BCUT2D eigenvalue weighted by Crippen LogP contribution is -2.27. The summed E-state index contributed by atoms with van der Waals surface area (Å²) in [4.78, 5) is 17.2. The summed E-state index contributed by atoms with van der Waals surface area (Å²) in [5.74, 6) is 0.252. The summed E-state index contributed by atoms with van der Waals surface area (Å²) < 4.78 is 0. The smallest absolute Gasteiger partial charge is 0.229 e. The lowest BCUT2D eigenvalue weighted by atomic mass is 9.85. The van der Waals surface area contributed by atoms with E-state index in [1.807, 2.05) is 6.07 Å². The number of anilines is 1. The number of nitrogens with one attached hydrogen (secondary N) is 1. The fourth-order valence-corrected chi connectivity index (χ4v) is 3.41. The minimum absolute atomic E-state index is 0.0861. The first kappa shape index (κ1) is 14.8. The maximum absolute atomic E-state index is 11.9. The molecule has 6 heteroatoms. The summed E-state index contributed by atoms with van der Waals surface area (Å²) in [5.41, 5.74) is 0.963. The van der Waals surface area contributed by atoms with Gasteiger partial charge < -0.3 is 5.32 Å². The molecule has 0 unspecified atom stereocenters. The summed E-state index contributed by atoms with van der Waals surface area (Å²) >= 11 is 13.6.